The van der Waals surface area contributed by atoms with Crippen LogP contribution < -0.4 is 15.6 Å². The summed E-state index contributed by atoms with van der Waals surface area (Å²) in [6.45, 7) is 1.68. The van der Waals surface area contributed by atoms with E-state index in [1.54, 1.807) is 6.92 Å². The number of carbonyl (C=O) groups excluding carboxylic acids is 1. The van der Waals surface area contributed by atoms with Gasteiger partial charge in [-0.15, -0.1) is 0 Å². The van der Waals surface area contributed by atoms with Crippen LogP contribution in [0.3, 0.4) is 0 Å². The van der Waals surface area contributed by atoms with Crippen molar-refractivity contribution in [3.63, 3.8) is 0 Å². The summed E-state index contributed by atoms with van der Waals surface area (Å²) in [5.74, 6) is -2.30. The molecule has 1 heterocycles. The Morgan fingerprint density at radius 2 is 2.17 bits per heavy atom. The maximum Gasteiger partial charge on any atom is 0.258 e. The standard InChI is InChI=1S/C15H15F2N3O3/c1-10-7-18-9-20(15(10)22)5-4-19-14(21)8-23-13-3-2-11(16)6-12(13)17/h2-3,6-7,9H,4-5,8H2,1H3,(H,19,21). The number of aryl methyl sites for hydroxylation is 1. The van der Waals surface area contributed by atoms with Crippen LogP contribution in [0.2, 0.25) is 0 Å². The number of ether oxygens (including phenoxy) is 1. The van der Waals surface area contributed by atoms with Gasteiger partial charge in [0, 0.05) is 30.9 Å². The molecule has 1 N–H and O–H groups in total. The van der Waals surface area contributed by atoms with E-state index in [1.165, 1.54) is 17.1 Å². The van der Waals surface area contributed by atoms with Crippen LogP contribution >= 0.6 is 0 Å². The first-order valence-corrected chi connectivity index (χ1v) is 6.83. The maximum absolute atomic E-state index is 13.3. The first-order chi connectivity index (χ1) is 11.0. The molecule has 0 spiro atoms. The zero-order chi connectivity index (χ0) is 16.8. The maximum atomic E-state index is 13.3. The number of carbonyl (C=O) groups is 1. The first kappa shape index (κ1) is 16.6. The van der Waals surface area contributed by atoms with Crippen LogP contribution in [0.4, 0.5) is 8.78 Å². The van der Waals surface area contributed by atoms with Crippen LogP contribution in [-0.2, 0) is 11.3 Å². The molecule has 0 unspecified atom stereocenters. The van der Waals surface area contributed by atoms with Crippen LogP contribution in [0.5, 0.6) is 5.75 Å². The van der Waals surface area contributed by atoms with Gasteiger partial charge in [0.2, 0.25) is 0 Å². The van der Waals surface area contributed by atoms with E-state index >= 15 is 0 Å². The lowest BCUT2D eigenvalue weighted by Gasteiger charge is -2.09. The number of aromatic nitrogens is 2. The van der Waals surface area contributed by atoms with Crippen molar-refractivity contribution in [3.8, 4) is 5.75 Å². The average Bonchev–Trinajstić information content (AvgIpc) is 2.50. The van der Waals surface area contributed by atoms with Gasteiger partial charge >= 0.3 is 0 Å². The lowest BCUT2D eigenvalue weighted by atomic mass is 10.3. The number of halogens is 2. The minimum absolute atomic E-state index is 0.182. The highest BCUT2D eigenvalue weighted by Crippen LogP contribution is 2.17. The van der Waals surface area contributed by atoms with E-state index in [1.807, 2.05) is 0 Å². The van der Waals surface area contributed by atoms with Crippen LogP contribution in [-0.4, -0.2) is 28.6 Å². The van der Waals surface area contributed by atoms with Crippen LogP contribution in [0, 0.1) is 18.6 Å². The number of benzene rings is 1. The molecule has 0 bridgehead atoms. The van der Waals surface area contributed by atoms with Gasteiger partial charge in [-0.05, 0) is 19.1 Å². The summed E-state index contributed by atoms with van der Waals surface area (Å²) in [7, 11) is 0. The Morgan fingerprint density at radius 1 is 1.39 bits per heavy atom. The zero-order valence-corrected chi connectivity index (χ0v) is 12.4. The van der Waals surface area contributed by atoms with E-state index in [0.717, 1.165) is 12.1 Å². The largest absolute Gasteiger partial charge is 0.481 e. The van der Waals surface area contributed by atoms with Crippen molar-refractivity contribution >= 4 is 5.91 Å². The number of nitrogens with one attached hydrogen (secondary N) is 1. The third-order valence-corrected chi connectivity index (χ3v) is 3.00. The Morgan fingerprint density at radius 3 is 2.91 bits per heavy atom. The highest BCUT2D eigenvalue weighted by molar-refractivity contribution is 5.77. The molecular formula is C15H15F2N3O3. The topological polar surface area (TPSA) is 73.2 Å². The molecule has 0 aliphatic heterocycles. The second kappa shape index (κ2) is 7.48. The highest BCUT2D eigenvalue weighted by atomic mass is 19.1. The van der Waals surface area contributed by atoms with Crippen molar-refractivity contribution in [2.75, 3.05) is 13.2 Å². The third-order valence-electron chi connectivity index (χ3n) is 3.00. The van der Waals surface area contributed by atoms with Gasteiger partial charge in [0.25, 0.3) is 11.5 Å². The minimum atomic E-state index is -0.879. The van der Waals surface area contributed by atoms with Crippen LogP contribution in [0.15, 0.2) is 35.5 Å². The molecule has 1 amide bonds. The normalized spacial score (nSPS) is 10.4. The van der Waals surface area contributed by atoms with Gasteiger partial charge in [-0.3, -0.25) is 14.2 Å². The molecule has 0 saturated carbocycles. The summed E-state index contributed by atoms with van der Waals surface area (Å²) in [6, 6.07) is 2.81. The van der Waals surface area contributed by atoms with Crippen molar-refractivity contribution in [2.24, 2.45) is 0 Å². The van der Waals surface area contributed by atoms with Crippen molar-refractivity contribution in [1.29, 1.82) is 0 Å². The van der Waals surface area contributed by atoms with Crippen molar-refractivity contribution in [3.05, 3.63) is 58.3 Å². The van der Waals surface area contributed by atoms with E-state index in [9.17, 15) is 18.4 Å². The molecule has 23 heavy (non-hydrogen) atoms. The fourth-order valence-corrected chi connectivity index (χ4v) is 1.82. The predicted molar refractivity (Wildman–Crippen MR) is 78.1 cm³/mol. The van der Waals surface area contributed by atoms with Gasteiger partial charge in [0.1, 0.15) is 5.82 Å². The molecule has 8 heteroatoms. The van der Waals surface area contributed by atoms with Crippen LogP contribution in [0.25, 0.3) is 0 Å². The molecule has 2 rings (SSSR count). The summed E-state index contributed by atoms with van der Waals surface area (Å²) < 4.78 is 32.4. The molecule has 0 saturated heterocycles. The van der Waals surface area contributed by atoms with Crippen molar-refractivity contribution < 1.29 is 18.3 Å². The Hall–Kier alpha value is -2.77. The van der Waals surface area contributed by atoms with E-state index < -0.39 is 24.1 Å². The van der Waals surface area contributed by atoms with Crippen LogP contribution in [0.1, 0.15) is 5.56 Å². The molecule has 0 atom stereocenters. The number of hydrogen-bond acceptors (Lipinski definition) is 4. The van der Waals surface area contributed by atoms with Gasteiger partial charge in [0.15, 0.2) is 18.2 Å². The third kappa shape index (κ3) is 4.60. The number of nitrogens with zero attached hydrogens (tertiary/aromatic N) is 2. The van der Waals surface area contributed by atoms with Crippen molar-refractivity contribution in [2.45, 2.75) is 13.5 Å². The van der Waals surface area contributed by atoms with Gasteiger partial charge in [0.05, 0.1) is 6.33 Å². The summed E-state index contributed by atoms with van der Waals surface area (Å²) in [5, 5.41) is 2.53. The zero-order valence-electron chi connectivity index (χ0n) is 12.4. The smallest absolute Gasteiger partial charge is 0.258 e. The molecule has 2 aromatic rings. The van der Waals surface area contributed by atoms with E-state index in [4.69, 9.17) is 4.74 Å². The molecule has 0 radical (unpaired) electrons. The number of hydrogen-bond donors (Lipinski definition) is 1. The molecule has 0 aliphatic carbocycles. The first-order valence-electron chi connectivity index (χ1n) is 6.83. The lowest BCUT2D eigenvalue weighted by molar-refractivity contribution is -0.123. The average molecular weight is 323 g/mol. The molecule has 122 valence electrons. The molecule has 1 aromatic heterocycles. The molecule has 6 nitrogen and oxygen atoms in total. The summed E-state index contributed by atoms with van der Waals surface area (Å²) >= 11 is 0. The van der Waals surface area contributed by atoms with Gasteiger partial charge in [-0.2, -0.15) is 0 Å². The Labute approximate surface area is 130 Å². The Bertz CT molecular complexity index is 762. The molecule has 0 fully saturated rings. The minimum Gasteiger partial charge on any atom is -0.481 e. The van der Waals surface area contributed by atoms with E-state index in [0.29, 0.717) is 11.6 Å². The fraction of sp³-hybridized carbons (Fsp3) is 0.267. The quantitative estimate of drug-likeness (QED) is 0.861. The summed E-state index contributed by atoms with van der Waals surface area (Å²) in [6.07, 6.45) is 2.84. The second-order valence-electron chi connectivity index (χ2n) is 4.79. The van der Waals surface area contributed by atoms with Gasteiger partial charge in [-0.1, -0.05) is 0 Å². The van der Waals surface area contributed by atoms with Gasteiger partial charge in [-0.25, -0.2) is 13.8 Å². The Kier molecular flexibility index (Phi) is 5.40. The molecular weight excluding hydrogens is 308 g/mol. The highest BCUT2D eigenvalue weighted by Gasteiger charge is 2.08. The summed E-state index contributed by atoms with van der Waals surface area (Å²) in [5.41, 5.74) is 0.327. The van der Waals surface area contributed by atoms with Gasteiger partial charge < -0.3 is 10.1 Å². The summed E-state index contributed by atoms with van der Waals surface area (Å²) in [4.78, 5) is 27.2. The lowest BCUT2D eigenvalue weighted by Crippen LogP contribution is -2.34. The fourth-order valence-electron chi connectivity index (χ4n) is 1.82. The molecule has 0 aliphatic rings. The number of rotatable bonds is 6. The SMILES string of the molecule is Cc1cncn(CCNC(=O)COc2ccc(F)cc2F)c1=O. The monoisotopic (exact) mass is 323 g/mol. The molecule has 1 aromatic carbocycles. The van der Waals surface area contributed by atoms with E-state index in [-0.39, 0.29) is 24.4 Å². The predicted octanol–water partition coefficient (Wildman–Crippen LogP) is 1.03. The van der Waals surface area contributed by atoms with E-state index in [2.05, 4.69) is 10.3 Å². The number of amides is 1. The second-order valence-corrected chi connectivity index (χ2v) is 4.79. The Balaban J connectivity index is 1.79. The van der Waals surface area contributed by atoms with Crippen molar-refractivity contribution in [1.82, 2.24) is 14.9 Å².